The average molecular weight is 206 g/mol. The number of phenolic OH excluding ortho intramolecular Hbond substituents is 1. The number of aromatic carboxylic acids is 1. The number of rotatable bonds is 1. The van der Waals surface area contributed by atoms with E-state index < -0.39 is 28.1 Å². The van der Waals surface area contributed by atoms with E-state index in [1.807, 2.05) is 0 Å². The van der Waals surface area contributed by atoms with Crippen molar-refractivity contribution in [3.05, 3.63) is 22.5 Å². The second kappa shape index (κ2) is 3.10. The van der Waals surface area contributed by atoms with Crippen molar-refractivity contribution >= 4 is 23.3 Å². The van der Waals surface area contributed by atoms with E-state index in [4.69, 9.17) is 27.5 Å². The van der Waals surface area contributed by atoms with Gasteiger partial charge in [-0.3, -0.25) is 0 Å². The second-order valence-electron chi connectivity index (χ2n) is 2.30. The van der Waals surface area contributed by atoms with Gasteiger partial charge in [-0.15, -0.1) is 0 Å². The number of phenols is 1. The molecule has 0 aromatic heterocycles. The van der Waals surface area contributed by atoms with Crippen molar-refractivity contribution in [1.29, 1.82) is 0 Å². The lowest BCUT2D eigenvalue weighted by Gasteiger charge is -2.04. The van der Waals surface area contributed by atoms with Crippen molar-refractivity contribution in [3.8, 4) is 5.75 Å². The number of carboxylic acid groups (broad SMARTS) is 1. The van der Waals surface area contributed by atoms with E-state index in [0.717, 1.165) is 6.07 Å². The summed E-state index contributed by atoms with van der Waals surface area (Å²) >= 11 is 5.26. The molecule has 0 heterocycles. The van der Waals surface area contributed by atoms with Crippen molar-refractivity contribution in [1.82, 2.24) is 0 Å². The Hall–Kier alpha value is -1.49. The molecule has 0 fully saturated rings. The molecule has 4 nitrogen and oxygen atoms in total. The molecule has 0 bridgehead atoms. The molecule has 1 rings (SSSR count). The predicted molar refractivity (Wildman–Crippen MR) is 44.4 cm³/mol. The molecule has 70 valence electrons. The molecule has 6 heteroatoms. The zero-order valence-corrected chi connectivity index (χ0v) is 6.97. The van der Waals surface area contributed by atoms with Gasteiger partial charge in [0.15, 0.2) is 11.6 Å². The summed E-state index contributed by atoms with van der Waals surface area (Å²) in [4.78, 5) is 10.4. The number of nitrogen functional groups attached to an aromatic ring is 1. The minimum atomic E-state index is -1.49. The maximum Gasteiger partial charge on any atom is 0.338 e. The van der Waals surface area contributed by atoms with Gasteiger partial charge in [0.05, 0.1) is 11.3 Å². The fraction of sp³-hybridized carbons (Fsp3) is 0. The third-order valence-corrected chi connectivity index (χ3v) is 1.79. The lowest BCUT2D eigenvalue weighted by Crippen LogP contribution is -2.03. The summed E-state index contributed by atoms with van der Waals surface area (Å²) in [5, 5.41) is 16.8. The van der Waals surface area contributed by atoms with Crippen LogP contribution in [0.1, 0.15) is 10.4 Å². The normalized spacial score (nSPS) is 10.0. The Balaban J connectivity index is 3.50. The lowest BCUT2D eigenvalue weighted by atomic mass is 10.2. The van der Waals surface area contributed by atoms with Gasteiger partial charge in [0.2, 0.25) is 0 Å². The molecule has 0 amide bonds. The Morgan fingerprint density at radius 1 is 1.62 bits per heavy atom. The fourth-order valence-corrected chi connectivity index (χ4v) is 1.00. The van der Waals surface area contributed by atoms with Gasteiger partial charge in [-0.25, -0.2) is 9.18 Å². The van der Waals surface area contributed by atoms with Crippen molar-refractivity contribution < 1.29 is 19.4 Å². The first kappa shape index (κ1) is 9.60. The Morgan fingerprint density at radius 3 is 2.62 bits per heavy atom. The highest BCUT2D eigenvalue weighted by Crippen LogP contribution is 2.34. The van der Waals surface area contributed by atoms with Crippen LogP contribution in [0.4, 0.5) is 10.1 Å². The maximum absolute atomic E-state index is 13.0. The summed E-state index contributed by atoms with van der Waals surface area (Å²) in [6.45, 7) is 0. The van der Waals surface area contributed by atoms with E-state index in [0.29, 0.717) is 0 Å². The van der Waals surface area contributed by atoms with Crippen LogP contribution in [0.3, 0.4) is 0 Å². The Morgan fingerprint density at radius 2 is 2.15 bits per heavy atom. The standard InChI is InChI=1S/C7H5ClFNO3/c8-4-5(9)2(7(12)13)1-3(10)6(4)11/h1,11H,10H2,(H,12,13). The molecule has 1 aromatic carbocycles. The molecule has 0 saturated heterocycles. The van der Waals surface area contributed by atoms with E-state index in [2.05, 4.69) is 0 Å². The highest BCUT2D eigenvalue weighted by atomic mass is 35.5. The zero-order chi connectivity index (χ0) is 10.2. The van der Waals surface area contributed by atoms with Crippen LogP contribution in [0.2, 0.25) is 5.02 Å². The number of carboxylic acids is 1. The number of anilines is 1. The first-order chi connectivity index (χ1) is 5.95. The van der Waals surface area contributed by atoms with Gasteiger partial charge in [-0.2, -0.15) is 0 Å². The number of benzene rings is 1. The molecule has 0 aliphatic carbocycles. The molecule has 0 atom stereocenters. The van der Waals surface area contributed by atoms with Crippen molar-refractivity contribution in [3.63, 3.8) is 0 Å². The summed E-state index contributed by atoms with van der Waals surface area (Å²) in [5.41, 5.74) is 4.22. The molecule has 1 aromatic rings. The van der Waals surface area contributed by atoms with Crippen LogP contribution in [0.5, 0.6) is 5.75 Å². The fourth-order valence-electron chi connectivity index (χ4n) is 0.792. The monoisotopic (exact) mass is 205 g/mol. The summed E-state index contributed by atoms with van der Waals surface area (Å²) in [6, 6.07) is 0.804. The molecule has 0 aliphatic heterocycles. The molecule has 13 heavy (non-hydrogen) atoms. The van der Waals surface area contributed by atoms with Crippen LogP contribution in [-0.2, 0) is 0 Å². The third-order valence-electron chi connectivity index (χ3n) is 1.44. The molecular formula is C7H5ClFNO3. The smallest absolute Gasteiger partial charge is 0.338 e. The Kier molecular flexibility index (Phi) is 2.29. The quantitative estimate of drug-likeness (QED) is 0.479. The number of carbonyl (C=O) groups is 1. The van der Waals surface area contributed by atoms with E-state index in [1.165, 1.54) is 0 Å². The number of nitrogens with two attached hydrogens (primary N) is 1. The summed E-state index contributed by atoms with van der Waals surface area (Å²) in [6.07, 6.45) is 0. The lowest BCUT2D eigenvalue weighted by molar-refractivity contribution is 0.0692. The highest BCUT2D eigenvalue weighted by Gasteiger charge is 2.18. The first-order valence-electron chi connectivity index (χ1n) is 3.15. The van der Waals surface area contributed by atoms with Crippen LogP contribution < -0.4 is 5.73 Å². The van der Waals surface area contributed by atoms with Gasteiger partial charge in [0.25, 0.3) is 0 Å². The van der Waals surface area contributed by atoms with Crippen molar-refractivity contribution in [2.24, 2.45) is 0 Å². The molecule has 0 aliphatic rings. The Labute approximate surface area is 77.4 Å². The Bertz CT molecular complexity index is 380. The SMILES string of the molecule is Nc1cc(C(=O)O)c(F)c(Cl)c1O. The minimum Gasteiger partial charge on any atom is -0.504 e. The molecule has 0 unspecified atom stereocenters. The average Bonchev–Trinajstić information content (AvgIpc) is 2.07. The summed E-state index contributed by atoms with van der Waals surface area (Å²) in [7, 11) is 0. The second-order valence-corrected chi connectivity index (χ2v) is 2.67. The predicted octanol–water partition coefficient (Wildman–Crippen LogP) is 1.47. The molecule has 0 saturated carbocycles. The summed E-state index contributed by atoms with van der Waals surface area (Å²) in [5.74, 6) is -3.34. The molecule has 0 spiro atoms. The number of hydrogen-bond donors (Lipinski definition) is 3. The molecule has 4 N–H and O–H groups in total. The molecular weight excluding hydrogens is 201 g/mol. The van der Waals surface area contributed by atoms with E-state index in [9.17, 15) is 9.18 Å². The molecule has 0 radical (unpaired) electrons. The van der Waals surface area contributed by atoms with E-state index in [-0.39, 0.29) is 5.69 Å². The first-order valence-corrected chi connectivity index (χ1v) is 3.52. The number of aromatic hydroxyl groups is 1. The van der Waals surface area contributed by atoms with Gasteiger partial charge in [-0.1, -0.05) is 11.6 Å². The van der Waals surface area contributed by atoms with Gasteiger partial charge >= 0.3 is 5.97 Å². The highest BCUT2D eigenvalue weighted by molar-refractivity contribution is 6.33. The van der Waals surface area contributed by atoms with Crippen LogP contribution in [0.15, 0.2) is 6.07 Å². The van der Waals surface area contributed by atoms with Gasteiger partial charge in [0, 0.05) is 0 Å². The van der Waals surface area contributed by atoms with Crippen molar-refractivity contribution in [2.45, 2.75) is 0 Å². The third kappa shape index (κ3) is 1.50. The van der Waals surface area contributed by atoms with Gasteiger partial charge in [0.1, 0.15) is 5.02 Å². The van der Waals surface area contributed by atoms with Crippen molar-refractivity contribution in [2.75, 3.05) is 5.73 Å². The van der Waals surface area contributed by atoms with Gasteiger partial charge in [-0.05, 0) is 6.07 Å². The summed E-state index contributed by atoms with van der Waals surface area (Å²) < 4.78 is 13.0. The van der Waals surface area contributed by atoms with E-state index in [1.54, 1.807) is 0 Å². The maximum atomic E-state index is 13.0. The number of hydrogen-bond acceptors (Lipinski definition) is 3. The topological polar surface area (TPSA) is 83.6 Å². The van der Waals surface area contributed by atoms with E-state index >= 15 is 0 Å². The zero-order valence-electron chi connectivity index (χ0n) is 6.21. The minimum absolute atomic E-state index is 0.274. The largest absolute Gasteiger partial charge is 0.504 e. The van der Waals surface area contributed by atoms with Crippen LogP contribution in [0, 0.1) is 5.82 Å². The number of halogens is 2. The van der Waals surface area contributed by atoms with Crippen LogP contribution in [0.25, 0.3) is 0 Å². The van der Waals surface area contributed by atoms with Gasteiger partial charge < -0.3 is 15.9 Å². The van der Waals surface area contributed by atoms with Crippen LogP contribution in [-0.4, -0.2) is 16.2 Å². The van der Waals surface area contributed by atoms with Crippen LogP contribution >= 0.6 is 11.6 Å².